The number of thiazole rings is 1. The lowest BCUT2D eigenvalue weighted by molar-refractivity contribution is 0.526. The molecule has 3 heterocycles. The first-order valence-electron chi connectivity index (χ1n) is 6.63. The zero-order valence-corrected chi connectivity index (χ0v) is 14.3. The molecule has 0 unspecified atom stereocenters. The van der Waals surface area contributed by atoms with E-state index in [0.29, 0.717) is 28.1 Å². The van der Waals surface area contributed by atoms with Crippen molar-refractivity contribution >= 4 is 27.4 Å². The van der Waals surface area contributed by atoms with Crippen LogP contribution in [0.1, 0.15) is 5.69 Å². The molecule has 122 valence electrons. The van der Waals surface area contributed by atoms with E-state index in [4.69, 9.17) is 4.42 Å². The van der Waals surface area contributed by atoms with Gasteiger partial charge in [-0.3, -0.25) is 4.72 Å². The van der Waals surface area contributed by atoms with Gasteiger partial charge < -0.3 is 4.42 Å². The molecule has 10 heteroatoms. The first kappa shape index (κ1) is 15.7. The maximum absolute atomic E-state index is 12.0. The molecule has 0 spiro atoms. The summed E-state index contributed by atoms with van der Waals surface area (Å²) in [6.07, 6.45) is 1.57. The minimum Gasteiger partial charge on any atom is -0.463 e. The smallest absolute Gasteiger partial charge is 0.302 e. The third-order valence-electron chi connectivity index (χ3n) is 2.99. The van der Waals surface area contributed by atoms with Crippen molar-refractivity contribution in [2.75, 3.05) is 18.8 Å². The molecule has 0 saturated heterocycles. The number of nitrogens with one attached hydrogen (secondary N) is 1. The normalized spacial score (nSPS) is 12.0. The van der Waals surface area contributed by atoms with Crippen molar-refractivity contribution in [2.45, 2.75) is 6.92 Å². The van der Waals surface area contributed by atoms with Gasteiger partial charge in [0.1, 0.15) is 11.5 Å². The van der Waals surface area contributed by atoms with Crippen LogP contribution in [0.4, 0.5) is 5.82 Å². The third kappa shape index (κ3) is 3.14. The van der Waals surface area contributed by atoms with Crippen molar-refractivity contribution in [1.82, 2.24) is 19.1 Å². The van der Waals surface area contributed by atoms with Crippen molar-refractivity contribution in [2.24, 2.45) is 0 Å². The third-order valence-corrected chi connectivity index (χ3v) is 5.24. The summed E-state index contributed by atoms with van der Waals surface area (Å²) in [7, 11) is -0.719. The highest BCUT2D eigenvalue weighted by Crippen LogP contribution is 2.27. The predicted octanol–water partition coefficient (Wildman–Crippen LogP) is 2.12. The van der Waals surface area contributed by atoms with Crippen molar-refractivity contribution in [3.63, 3.8) is 0 Å². The molecule has 8 nitrogen and oxygen atoms in total. The van der Waals surface area contributed by atoms with Gasteiger partial charge in [0, 0.05) is 25.5 Å². The Labute approximate surface area is 137 Å². The van der Waals surface area contributed by atoms with E-state index in [0.717, 1.165) is 4.31 Å². The molecule has 23 heavy (non-hydrogen) atoms. The summed E-state index contributed by atoms with van der Waals surface area (Å²) in [5, 5.41) is 6.68. The summed E-state index contributed by atoms with van der Waals surface area (Å²) in [5.74, 6) is 0.975. The van der Waals surface area contributed by atoms with Crippen LogP contribution in [0.5, 0.6) is 0 Å². The van der Waals surface area contributed by atoms with Gasteiger partial charge in [-0.2, -0.15) is 22.5 Å². The quantitative estimate of drug-likeness (QED) is 0.758. The van der Waals surface area contributed by atoms with Crippen LogP contribution in [0.3, 0.4) is 0 Å². The maximum Gasteiger partial charge on any atom is 0.302 e. The van der Waals surface area contributed by atoms with E-state index in [9.17, 15) is 8.42 Å². The molecule has 0 aliphatic rings. The molecular weight excluding hydrogens is 338 g/mol. The molecule has 3 rings (SSSR count). The molecule has 1 N–H and O–H groups in total. The molecule has 3 aromatic heterocycles. The fourth-order valence-corrected chi connectivity index (χ4v) is 3.21. The van der Waals surface area contributed by atoms with Crippen LogP contribution in [0.15, 0.2) is 34.3 Å². The lowest BCUT2D eigenvalue weighted by Gasteiger charge is -2.13. The van der Waals surface area contributed by atoms with Gasteiger partial charge >= 0.3 is 10.2 Å². The van der Waals surface area contributed by atoms with Gasteiger partial charge in [-0.25, -0.2) is 4.98 Å². The Morgan fingerprint density at radius 3 is 2.83 bits per heavy atom. The van der Waals surface area contributed by atoms with Crippen molar-refractivity contribution in [1.29, 1.82) is 0 Å². The summed E-state index contributed by atoms with van der Waals surface area (Å²) >= 11 is 1.34. The van der Waals surface area contributed by atoms with Crippen molar-refractivity contribution < 1.29 is 12.8 Å². The van der Waals surface area contributed by atoms with Crippen LogP contribution in [-0.4, -0.2) is 41.6 Å². The highest BCUT2D eigenvalue weighted by molar-refractivity contribution is 7.90. The lowest BCUT2D eigenvalue weighted by Crippen LogP contribution is -2.29. The highest BCUT2D eigenvalue weighted by atomic mass is 32.2. The fraction of sp³-hybridized carbons (Fsp3) is 0.231. The number of hydrogen-bond acceptors (Lipinski definition) is 6. The van der Waals surface area contributed by atoms with E-state index in [-0.39, 0.29) is 0 Å². The average molecular weight is 353 g/mol. The van der Waals surface area contributed by atoms with Crippen LogP contribution >= 0.6 is 11.3 Å². The van der Waals surface area contributed by atoms with Gasteiger partial charge in [0.15, 0.2) is 5.76 Å². The van der Waals surface area contributed by atoms with Gasteiger partial charge in [0.05, 0.1) is 12.0 Å². The summed E-state index contributed by atoms with van der Waals surface area (Å²) in [6, 6.07) is 5.24. The van der Waals surface area contributed by atoms with Crippen molar-refractivity contribution in [3.05, 3.63) is 35.5 Å². The van der Waals surface area contributed by atoms with Crippen LogP contribution in [-0.2, 0) is 10.2 Å². The Balaban J connectivity index is 1.98. The minimum atomic E-state index is -3.62. The fourth-order valence-electron chi connectivity index (χ4n) is 1.84. The zero-order valence-electron chi connectivity index (χ0n) is 12.7. The molecule has 0 radical (unpaired) electrons. The van der Waals surface area contributed by atoms with Gasteiger partial charge in [0.25, 0.3) is 0 Å². The largest absolute Gasteiger partial charge is 0.463 e. The van der Waals surface area contributed by atoms with E-state index in [1.165, 1.54) is 30.1 Å². The molecule has 0 fully saturated rings. The number of rotatable bonds is 5. The van der Waals surface area contributed by atoms with Crippen LogP contribution in [0, 0.1) is 6.92 Å². The Hall–Kier alpha value is -2.17. The summed E-state index contributed by atoms with van der Waals surface area (Å²) < 4.78 is 34.4. The molecule has 0 aromatic carbocycles. The monoisotopic (exact) mass is 353 g/mol. The first-order valence-corrected chi connectivity index (χ1v) is 8.95. The second kappa shape index (κ2) is 5.80. The highest BCUT2D eigenvalue weighted by Gasteiger charge is 2.19. The van der Waals surface area contributed by atoms with Gasteiger partial charge in [-0.1, -0.05) is 0 Å². The number of aromatic nitrogens is 3. The van der Waals surface area contributed by atoms with E-state index in [1.807, 2.05) is 11.4 Å². The Morgan fingerprint density at radius 1 is 1.39 bits per heavy atom. The van der Waals surface area contributed by atoms with Gasteiger partial charge in [-0.15, -0.1) is 11.3 Å². The second-order valence-corrected chi connectivity index (χ2v) is 7.69. The number of anilines is 1. The molecule has 0 atom stereocenters. The first-order chi connectivity index (χ1) is 10.9. The van der Waals surface area contributed by atoms with Gasteiger partial charge in [-0.05, 0) is 19.1 Å². The standard InChI is InChI=1S/C13H15N5O3S2/c1-9-7-12(16-23(19,20)17(2)3)18(15-9)13-14-10(8-22-13)11-5-4-6-21-11/h4-8,16H,1-3H3. The molecule has 0 amide bonds. The second-order valence-electron chi connectivity index (χ2n) is 4.96. The number of aryl methyl sites for hydroxylation is 1. The van der Waals surface area contributed by atoms with Crippen LogP contribution < -0.4 is 4.72 Å². The van der Waals surface area contributed by atoms with E-state index in [1.54, 1.807) is 25.3 Å². The molecule has 3 aromatic rings. The summed E-state index contributed by atoms with van der Waals surface area (Å²) in [4.78, 5) is 4.45. The number of furan rings is 1. The maximum atomic E-state index is 12.0. The average Bonchev–Trinajstić information content (AvgIpc) is 3.17. The Morgan fingerprint density at radius 2 is 2.17 bits per heavy atom. The molecule has 0 aliphatic heterocycles. The molecule has 0 bridgehead atoms. The van der Waals surface area contributed by atoms with Crippen LogP contribution in [0.2, 0.25) is 0 Å². The van der Waals surface area contributed by atoms with E-state index < -0.39 is 10.2 Å². The zero-order chi connectivity index (χ0) is 16.6. The number of nitrogens with zero attached hydrogens (tertiary/aromatic N) is 4. The SMILES string of the molecule is Cc1cc(NS(=O)(=O)N(C)C)n(-c2nc(-c3ccco3)cs2)n1. The van der Waals surface area contributed by atoms with Crippen LogP contribution in [0.25, 0.3) is 16.6 Å². The van der Waals surface area contributed by atoms with E-state index in [2.05, 4.69) is 14.8 Å². The molecule has 0 saturated carbocycles. The van der Waals surface area contributed by atoms with Crippen molar-refractivity contribution in [3.8, 4) is 16.6 Å². The molecule has 0 aliphatic carbocycles. The Kier molecular flexibility index (Phi) is 3.96. The predicted molar refractivity (Wildman–Crippen MR) is 87.9 cm³/mol. The van der Waals surface area contributed by atoms with E-state index >= 15 is 0 Å². The topological polar surface area (TPSA) is 93.3 Å². The van der Waals surface area contributed by atoms with Gasteiger partial charge in [0.2, 0.25) is 5.13 Å². The summed E-state index contributed by atoms with van der Waals surface area (Å²) in [5.41, 5.74) is 1.35. The summed E-state index contributed by atoms with van der Waals surface area (Å²) in [6.45, 7) is 1.78. The molecular formula is C13H15N5O3S2. The minimum absolute atomic E-state index is 0.330. The Bertz CT molecular complexity index is 909. The number of hydrogen-bond donors (Lipinski definition) is 1. The lowest BCUT2D eigenvalue weighted by atomic mass is 10.4.